The molecular weight excluding hydrogens is 252 g/mol. The van der Waals surface area contributed by atoms with Crippen molar-refractivity contribution in [2.45, 2.75) is 31.8 Å². The highest BCUT2D eigenvalue weighted by Crippen LogP contribution is 1.99. The summed E-state index contributed by atoms with van der Waals surface area (Å²) in [5, 5.41) is 18.8. The second-order valence-corrected chi connectivity index (χ2v) is 4.01. The number of nitrogens with one attached hydrogen (secondary N) is 1. The first kappa shape index (κ1) is 15.1. The normalized spacial score (nSPS) is 12.1. The van der Waals surface area contributed by atoms with E-state index in [-0.39, 0.29) is 12.3 Å². The first-order valence-corrected chi connectivity index (χ1v) is 5.98. The number of hydrogen-bond donors (Lipinski definition) is 2. The van der Waals surface area contributed by atoms with Crippen LogP contribution in [-0.2, 0) is 20.9 Å². The third-order valence-corrected chi connectivity index (χ3v) is 2.51. The van der Waals surface area contributed by atoms with Crippen LogP contribution in [-0.4, -0.2) is 51.7 Å². The third-order valence-electron chi connectivity index (χ3n) is 2.51. The number of aromatic nitrogens is 3. The topological polar surface area (TPSA) is 106 Å². The average molecular weight is 270 g/mol. The van der Waals surface area contributed by atoms with Crippen molar-refractivity contribution in [1.82, 2.24) is 20.3 Å². The van der Waals surface area contributed by atoms with Gasteiger partial charge in [-0.05, 0) is 12.8 Å². The van der Waals surface area contributed by atoms with Crippen LogP contribution in [0, 0.1) is 0 Å². The predicted molar refractivity (Wildman–Crippen MR) is 65.3 cm³/mol. The summed E-state index contributed by atoms with van der Waals surface area (Å²) in [4.78, 5) is 22.6. The maximum atomic E-state index is 11.6. The molecule has 1 heterocycles. The molecule has 2 N–H and O–H groups in total. The van der Waals surface area contributed by atoms with Crippen LogP contribution in [0.2, 0.25) is 0 Å². The van der Waals surface area contributed by atoms with Crippen molar-refractivity contribution < 1.29 is 19.4 Å². The second kappa shape index (κ2) is 8.20. The van der Waals surface area contributed by atoms with Crippen LogP contribution in [0.3, 0.4) is 0 Å². The van der Waals surface area contributed by atoms with E-state index < -0.39 is 12.0 Å². The quantitative estimate of drug-likeness (QED) is 0.595. The van der Waals surface area contributed by atoms with Crippen molar-refractivity contribution >= 4 is 11.9 Å². The number of aliphatic carboxylic acids is 1. The highest BCUT2D eigenvalue weighted by Gasteiger charge is 2.19. The van der Waals surface area contributed by atoms with Crippen LogP contribution in [0.25, 0.3) is 0 Å². The van der Waals surface area contributed by atoms with Crippen LogP contribution >= 0.6 is 0 Å². The molecule has 0 aliphatic heterocycles. The average Bonchev–Trinajstić information content (AvgIpc) is 2.88. The Labute approximate surface area is 110 Å². The molecule has 1 rings (SSSR count). The van der Waals surface area contributed by atoms with E-state index in [9.17, 15) is 9.59 Å². The third kappa shape index (κ3) is 5.96. The summed E-state index contributed by atoms with van der Waals surface area (Å²) in [7, 11) is 1.55. The van der Waals surface area contributed by atoms with Gasteiger partial charge in [-0.1, -0.05) is 5.21 Å². The summed E-state index contributed by atoms with van der Waals surface area (Å²) in [5.74, 6) is -1.36. The van der Waals surface area contributed by atoms with Crippen molar-refractivity contribution in [2.24, 2.45) is 0 Å². The number of methoxy groups -OCH3 is 1. The highest BCUT2D eigenvalue weighted by atomic mass is 16.5. The minimum Gasteiger partial charge on any atom is -0.480 e. The van der Waals surface area contributed by atoms with Crippen molar-refractivity contribution in [3.8, 4) is 0 Å². The van der Waals surface area contributed by atoms with E-state index in [2.05, 4.69) is 15.6 Å². The fraction of sp³-hybridized carbons (Fsp3) is 0.636. The molecule has 1 aromatic heterocycles. The molecule has 1 aromatic rings. The molecule has 0 saturated heterocycles. The zero-order valence-corrected chi connectivity index (χ0v) is 10.8. The van der Waals surface area contributed by atoms with E-state index in [1.165, 1.54) is 10.9 Å². The number of rotatable bonds is 9. The molecule has 106 valence electrons. The lowest BCUT2D eigenvalue weighted by molar-refractivity contribution is -0.142. The van der Waals surface area contributed by atoms with Gasteiger partial charge in [0.05, 0.1) is 12.7 Å². The molecule has 8 nitrogen and oxygen atoms in total. The van der Waals surface area contributed by atoms with Crippen molar-refractivity contribution in [2.75, 3.05) is 13.7 Å². The number of ether oxygens (including phenoxy) is 1. The largest absolute Gasteiger partial charge is 0.480 e. The zero-order valence-electron chi connectivity index (χ0n) is 10.8. The minimum absolute atomic E-state index is 0.164. The molecule has 1 atom stereocenters. The van der Waals surface area contributed by atoms with Crippen LogP contribution in [0.5, 0.6) is 0 Å². The van der Waals surface area contributed by atoms with Gasteiger partial charge in [-0.15, -0.1) is 5.10 Å². The molecule has 0 spiro atoms. The number of hydrogen-bond acceptors (Lipinski definition) is 5. The number of carbonyl (C=O) groups is 2. The standard InChI is InChI=1S/C11H18N4O4/c1-19-8-2-3-9(11(17)18)13-10(16)4-6-15-7-5-12-14-15/h5,7,9H,2-4,6,8H2,1H3,(H,13,16)(H,17,18). The summed E-state index contributed by atoms with van der Waals surface area (Å²) < 4.78 is 6.36. The molecule has 1 unspecified atom stereocenters. The lowest BCUT2D eigenvalue weighted by Crippen LogP contribution is -2.41. The number of carbonyl (C=O) groups excluding carboxylic acids is 1. The lowest BCUT2D eigenvalue weighted by atomic mass is 10.1. The van der Waals surface area contributed by atoms with Gasteiger partial charge in [0.25, 0.3) is 0 Å². The molecule has 0 saturated carbocycles. The van der Waals surface area contributed by atoms with E-state index in [1.54, 1.807) is 13.3 Å². The number of carboxylic acids is 1. The van der Waals surface area contributed by atoms with Crippen LogP contribution in [0.1, 0.15) is 19.3 Å². The summed E-state index contributed by atoms with van der Waals surface area (Å²) in [5.41, 5.74) is 0. The Morgan fingerprint density at radius 2 is 2.32 bits per heavy atom. The molecular formula is C11H18N4O4. The Hall–Kier alpha value is -1.96. The van der Waals surface area contributed by atoms with Gasteiger partial charge in [0, 0.05) is 26.3 Å². The number of nitrogens with zero attached hydrogens (tertiary/aromatic N) is 3. The SMILES string of the molecule is COCCCC(NC(=O)CCn1ccnn1)C(=O)O. The van der Waals surface area contributed by atoms with Gasteiger partial charge in [0.2, 0.25) is 5.91 Å². The zero-order chi connectivity index (χ0) is 14.1. The van der Waals surface area contributed by atoms with Crippen molar-refractivity contribution in [3.63, 3.8) is 0 Å². The molecule has 0 aromatic carbocycles. The molecule has 1 amide bonds. The molecule has 0 fully saturated rings. The Kier molecular flexibility index (Phi) is 6.51. The molecule has 0 radical (unpaired) electrons. The maximum absolute atomic E-state index is 11.6. The highest BCUT2D eigenvalue weighted by molar-refractivity contribution is 5.83. The van der Waals surface area contributed by atoms with Crippen LogP contribution in [0.4, 0.5) is 0 Å². The second-order valence-electron chi connectivity index (χ2n) is 4.01. The first-order valence-electron chi connectivity index (χ1n) is 5.98. The fourth-order valence-corrected chi connectivity index (χ4v) is 1.52. The molecule has 0 aliphatic carbocycles. The van der Waals surface area contributed by atoms with E-state index in [1.807, 2.05) is 0 Å². The minimum atomic E-state index is -1.04. The summed E-state index contributed by atoms with van der Waals surface area (Å²) in [6.45, 7) is 0.842. The molecule has 8 heteroatoms. The lowest BCUT2D eigenvalue weighted by Gasteiger charge is -2.14. The van der Waals surface area contributed by atoms with Gasteiger partial charge in [0.15, 0.2) is 0 Å². The molecule has 0 bridgehead atoms. The van der Waals surface area contributed by atoms with E-state index in [0.717, 1.165) is 0 Å². The van der Waals surface area contributed by atoms with Crippen molar-refractivity contribution in [1.29, 1.82) is 0 Å². The van der Waals surface area contributed by atoms with Crippen LogP contribution < -0.4 is 5.32 Å². The number of aryl methyl sites for hydroxylation is 1. The fourth-order valence-electron chi connectivity index (χ4n) is 1.52. The van der Waals surface area contributed by atoms with Gasteiger partial charge in [-0.25, -0.2) is 4.79 Å². The van der Waals surface area contributed by atoms with Gasteiger partial charge in [-0.2, -0.15) is 0 Å². The maximum Gasteiger partial charge on any atom is 0.326 e. The molecule has 0 aliphatic rings. The monoisotopic (exact) mass is 270 g/mol. The van der Waals surface area contributed by atoms with E-state index in [0.29, 0.717) is 26.0 Å². The van der Waals surface area contributed by atoms with Gasteiger partial charge in [-0.3, -0.25) is 9.48 Å². The Balaban J connectivity index is 2.32. The Bertz CT molecular complexity index is 393. The van der Waals surface area contributed by atoms with Gasteiger partial charge >= 0.3 is 5.97 Å². The van der Waals surface area contributed by atoms with E-state index in [4.69, 9.17) is 9.84 Å². The van der Waals surface area contributed by atoms with Gasteiger partial charge < -0.3 is 15.2 Å². The number of amides is 1. The summed E-state index contributed by atoms with van der Waals surface area (Å²) in [6.07, 6.45) is 4.25. The van der Waals surface area contributed by atoms with Crippen molar-refractivity contribution in [3.05, 3.63) is 12.4 Å². The molecule has 19 heavy (non-hydrogen) atoms. The smallest absolute Gasteiger partial charge is 0.326 e. The van der Waals surface area contributed by atoms with Gasteiger partial charge in [0.1, 0.15) is 6.04 Å². The number of carboxylic acid groups (broad SMARTS) is 1. The first-order chi connectivity index (χ1) is 9.13. The van der Waals surface area contributed by atoms with E-state index >= 15 is 0 Å². The Morgan fingerprint density at radius 1 is 1.53 bits per heavy atom. The Morgan fingerprint density at radius 3 is 2.89 bits per heavy atom. The van der Waals surface area contributed by atoms with Crippen LogP contribution in [0.15, 0.2) is 12.4 Å². The summed E-state index contributed by atoms with van der Waals surface area (Å²) >= 11 is 0. The predicted octanol–water partition coefficient (Wildman–Crippen LogP) is -0.336. The summed E-state index contributed by atoms with van der Waals surface area (Å²) in [6, 6.07) is -0.876.